The summed E-state index contributed by atoms with van der Waals surface area (Å²) >= 11 is 3.31. The van der Waals surface area contributed by atoms with E-state index >= 15 is 0 Å². The zero-order chi connectivity index (χ0) is 10.8. The van der Waals surface area contributed by atoms with Crippen LogP contribution in [0.25, 0.3) is 0 Å². The second-order valence-corrected chi connectivity index (χ2v) is 3.32. The van der Waals surface area contributed by atoms with Gasteiger partial charge in [-0.1, -0.05) is 28.1 Å². The van der Waals surface area contributed by atoms with Gasteiger partial charge in [-0.3, -0.25) is 0 Å². The lowest BCUT2D eigenvalue weighted by Gasteiger charge is -2.01. The Labute approximate surface area is 92.9 Å². The van der Waals surface area contributed by atoms with E-state index in [9.17, 15) is 4.79 Å². The molecular formula is C10H15BrO3. The maximum absolute atomic E-state index is 10.8. The summed E-state index contributed by atoms with van der Waals surface area (Å²) in [6.45, 7) is 4.47. The van der Waals surface area contributed by atoms with Crippen molar-refractivity contribution >= 4 is 21.9 Å². The number of ether oxygens (including phenoxy) is 2. The number of halogens is 1. The van der Waals surface area contributed by atoms with Gasteiger partial charge in [-0.15, -0.1) is 0 Å². The van der Waals surface area contributed by atoms with E-state index in [1.807, 2.05) is 25.2 Å². The lowest BCUT2D eigenvalue weighted by Crippen LogP contribution is -2.12. The van der Waals surface area contributed by atoms with Gasteiger partial charge >= 0.3 is 5.97 Å². The molecule has 0 N–H and O–H groups in total. The third-order valence-corrected chi connectivity index (χ3v) is 1.84. The first kappa shape index (κ1) is 13.4. The van der Waals surface area contributed by atoms with E-state index in [1.54, 1.807) is 6.92 Å². The van der Waals surface area contributed by atoms with Crippen LogP contribution < -0.4 is 0 Å². The van der Waals surface area contributed by atoms with Crippen molar-refractivity contribution in [1.82, 2.24) is 0 Å². The van der Waals surface area contributed by atoms with Crippen LogP contribution in [0, 0.1) is 0 Å². The van der Waals surface area contributed by atoms with E-state index in [2.05, 4.69) is 20.7 Å². The average molecular weight is 263 g/mol. The van der Waals surface area contributed by atoms with Gasteiger partial charge in [0.15, 0.2) is 0 Å². The van der Waals surface area contributed by atoms with Crippen molar-refractivity contribution in [2.24, 2.45) is 0 Å². The number of carbonyl (C=O) groups excluding carboxylic acids is 1. The largest absolute Gasteiger partial charge is 0.464 e. The highest BCUT2D eigenvalue weighted by atomic mass is 79.9. The van der Waals surface area contributed by atoms with Crippen LogP contribution in [0.2, 0.25) is 0 Å². The number of allylic oxidation sites excluding steroid dienone is 3. The van der Waals surface area contributed by atoms with Gasteiger partial charge in [0.05, 0.1) is 13.2 Å². The van der Waals surface area contributed by atoms with Crippen LogP contribution in [-0.4, -0.2) is 25.8 Å². The van der Waals surface area contributed by atoms with Crippen molar-refractivity contribution < 1.29 is 14.3 Å². The Morgan fingerprint density at radius 2 is 2.21 bits per heavy atom. The lowest BCUT2D eigenvalue weighted by molar-refractivity contribution is -0.147. The predicted octanol–water partition coefficient (Wildman–Crippen LogP) is 2.42. The Hall–Kier alpha value is -0.610. The van der Waals surface area contributed by atoms with Crippen molar-refractivity contribution in [3.63, 3.8) is 0 Å². The van der Waals surface area contributed by atoms with Crippen molar-refractivity contribution in [2.45, 2.75) is 13.8 Å². The Balaban J connectivity index is 3.55. The van der Waals surface area contributed by atoms with Gasteiger partial charge in [-0.05, 0) is 19.9 Å². The smallest absolute Gasteiger partial charge is 0.332 e. The molecule has 0 fully saturated rings. The summed E-state index contributed by atoms with van der Waals surface area (Å²) in [5.74, 6) is -0.331. The average Bonchev–Trinajstić information content (AvgIpc) is 2.13. The monoisotopic (exact) mass is 262 g/mol. The van der Waals surface area contributed by atoms with Crippen LogP contribution in [0.3, 0.4) is 0 Å². The van der Waals surface area contributed by atoms with Crippen molar-refractivity contribution in [1.29, 1.82) is 0 Å². The van der Waals surface area contributed by atoms with Crippen LogP contribution in [0.15, 0.2) is 22.7 Å². The lowest BCUT2D eigenvalue weighted by atomic mass is 10.4. The molecule has 0 aliphatic rings. The first-order valence-corrected chi connectivity index (χ1v) is 5.21. The molecule has 0 amide bonds. The van der Waals surface area contributed by atoms with Gasteiger partial charge in [0, 0.05) is 4.48 Å². The second-order valence-electron chi connectivity index (χ2n) is 2.41. The van der Waals surface area contributed by atoms with E-state index in [1.165, 1.54) is 0 Å². The third-order valence-electron chi connectivity index (χ3n) is 1.25. The van der Waals surface area contributed by atoms with E-state index in [4.69, 9.17) is 4.74 Å². The van der Waals surface area contributed by atoms with Gasteiger partial charge in [0.1, 0.15) is 6.61 Å². The van der Waals surface area contributed by atoms with Crippen LogP contribution in [0.1, 0.15) is 13.8 Å². The van der Waals surface area contributed by atoms with Crippen LogP contribution in [0.4, 0.5) is 0 Å². The Morgan fingerprint density at radius 1 is 1.50 bits per heavy atom. The summed E-state index contributed by atoms with van der Waals surface area (Å²) in [6, 6.07) is 0. The fraction of sp³-hybridized carbons (Fsp3) is 0.500. The molecule has 0 rings (SSSR count). The minimum absolute atomic E-state index is 0.000456. The molecule has 0 unspecified atom stereocenters. The highest BCUT2D eigenvalue weighted by Gasteiger charge is 1.99. The molecule has 0 aromatic carbocycles. The molecule has 0 bridgehead atoms. The van der Waals surface area contributed by atoms with E-state index in [0.717, 1.165) is 4.48 Å². The molecule has 0 saturated heterocycles. The summed E-state index contributed by atoms with van der Waals surface area (Å²) in [5, 5.41) is 0. The number of hydrogen-bond donors (Lipinski definition) is 0. The number of rotatable bonds is 6. The molecule has 0 aliphatic heterocycles. The highest BCUT2D eigenvalue weighted by molar-refractivity contribution is 9.11. The summed E-state index contributed by atoms with van der Waals surface area (Å²) in [7, 11) is 0. The molecule has 0 radical (unpaired) electrons. The van der Waals surface area contributed by atoms with Gasteiger partial charge in [0.2, 0.25) is 0 Å². The molecule has 0 heterocycles. The van der Waals surface area contributed by atoms with Gasteiger partial charge in [-0.2, -0.15) is 0 Å². The molecule has 0 aromatic heterocycles. The van der Waals surface area contributed by atoms with Crippen LogP contribution in [0.5, 0.6) is 0 Å². The maximum Gasteiger partial charge on any atom is 0.332 e. The predicted molar refractivity (Wildman–Crippen MR) is 59.3 cm³/mol. The molecule has 0 aliphatic carbocycles. The Morgan fingerprint density at radius 3 is 2.79 bits per heavy atom. The van der Waals surface area contributed by atoms with Gasteiger partial charge in [-0.25, -0.2) is 4.79 Å². The molecule has 4 heteroatoms. The molecule has 0 spiro atoms. The van der Waals surface area contributed by atoms with Gasteiger partial charge in [0.25, 0.3) is 0 Å². The summed E-state index contributed by atoms with van der Waals surface area (Å²) < 4.78 is 10.7. The topological polar surface area (TPSA) is 35.5 Å². The molecule has 0 atom stereocenters. The quantitative estimate of drug-likeness (QED) is 0.419. The highest BCUT2D eigenvalue weighted by Crippen LogP contribution is 2.05. The summed E-state index contributed by atoms with van der Waals surface area (Å²) in [4.78, 5) is 10.8. The fourth-order valence-corrected chi connectivity index (χ4v) is 1.11. The molecule has 14 heavy (non-hydrogen) atoms. The molecule has 80 valence electrons. The van der Waals surface area contributed by atoms with Crippen molar-refractivity contribution in [3.05, 3.63) is 22.7 Å². The van der Waals surface area contributed by atoms with E-state index in [0.29, 0.717) is 13.2 Å². The van der Waals surface area contributed by atoms with Crippen LogP contribution >= 0.6 is 15.9 Å². The first-order valence-electron chi connectivity index (χ1n) is 4.42. The minimum Gasteiger partial charge on any atom is -0.464 e. The zero-order valence-corrected chi connectivity index (χ0v) is 10.0. The number of hydrogen-bond acceptors (Lipinski definition) is 3. The molecule has 0 saturated carbocycles. The normalized spacial score (nSPS) is 12.1. The van der Waals surface area contributed by atoms with Crippen molar-refractivity contribution in [2.75, 3.05) is 19.8 Å². The first-order chi connectivity index (χ1) is 6.70. The molecule has 3 nitrogen and oxygen atoms in total. The van der Waals surface area contributed by atoms with E-state index < -0.39 is 0 Å². The number of esters is 1. The summed E-state index contributed by atoms with van der Waals surface area (Å²) in [5.41, 5.74) is 0. The SMILES string of the molecule is C/C=C\C(Br)=C/COCC(=O)OCC. The molecular weight excluding hydrogens is 248 g/mol. The minimum atomic E-state index is -0.331. The second kappa shape index (κ2) is 8.97. The molecule has 0 aromatic rings. The van der Waals surface area contributed by atoms with Crippen molar-refractivity contribution in [3.8, 4) is 0 Å². The van der Waals surface area contributed by atoms with Gasteiger partial charge < -0.3 is 9.47 Å². The Bertz CT molecular complexity index is 221. The summed E-state index contributed by atoms with van der Waals surface area (Å²) in [6.07, 6.45) is 5.64. The standard InChI is InChI=1S/C10H15BrO3/c1-3-5-9(11)6-7-13-8-10(12)14-4-2/h3,5-6H,4,7-8H2,1-2H3/b5-3-,9-6+. The fourth-order valence-electron chi connectivity index (χ4n) is 0.711. The van der Waals surface area contributed by atoms with E-state index in [-0.39, 0.29) is 12.6 Å². The maximum atomic E-state index is 10.8. The Kier molecular flexibility index (Phi) is 8.57. The number of carbonyl (C=O) groups is 1. The van der Waals surface area contributed by atoms with Crippen LogP contribution in [-0.2, 0) is 14.3 Å². The third kappa shape index (κ3) is 8.01. The zero-order valence-electron chi connectivity index (χ0n) is 8.46.